The van der Waals surface area contributed by atoms with Gasteiger partial charge in [-0.05, 0) is 30.4 Å². The van der Waals surface area contributed by atoms with Crippen LogP contribution in [0.4, 0.5) is 10.5 Å². The van der Waals surface area contributed by atoms with Gasteiger partial charge < -0.3 is 20.9 Å². The lowest BCUT2D eigenvalue weighted by Crippen LogP contribution is -2.30. The molecule has 0 spiro atoms. The number of benzene rings is 1. The molecule has 0 aliphatic carbocycles. The number of unbranched alkanes of at least 4 members (excludes halogenated alkanes) is 1. The molecule has 0 aliphatic heterocycles. The number of aliphatic carboxylic acids is 1. The summed E-state index contributed by atoms with van der Waals surface area (Å²) in [4.78, 5) is 24.8. The molecule has 0 fully saturated rings. The first-order valence-electron chi connectivity index (χ1n) is 7.06. The molecular formula is C14H19N5O4. The summed E-state index contributed by atoms with van der Waals surface area (Å²) in [5.74, 6) is -1.03. The normalized spacial score (nSPS) is 11.2. The average Bonchev–Trinajstić information content (AvgIpc) is 2.53. The summed E-state index contributed by atoms with van der Waals surface area (Å²) in [6.45, 7) is 0.355. The van der Waals surface area contributed by atoms with Crippen molar-refractivity contribution in [3.05, 3.63) is 40.3 Å². The zero-order chi connectivity index (χ0) is 17.1. The second-order valence-corrected chi connectivity index (χ2v) is 4.76. The van der Waals surface area contributed by atoms with Crippen LogP contribution in [0.3, 0.4) is 0 Å². The van der Waals surface area contributed by atoms with E-state index in [0.717, 1.165) is 0 Å². The quantitative estimate of drug-likeness (QED) is 0.276. The van der Waals surface area contributed by atoms with Crippen molar-refractivity contribution in [2.45, 2.75) is 31.9 Å². The van der Waals surface area contributed by atoms with E-state index < -0.39 is 18.1 Å². The Morgan fingerprint density at radius 1 is 1.39 bits per heavy atom. The molecule has 1 rings (SSSR count). The topological polar surface area (TPSA) is 150 Å². The van der Waals surface area contributed by atoms with Gasteiger partial charge in [0, 0.05) is 17.1 Å². The Bertz CT molecular complexity index is 586. The first kappa shape index (κ1) is 18.3. The number of nitrogens with one attached hydrogen (secondary N) is 1. The molecule has 1 unspecified atom stereocenters. The van der Waals surface area contributed by atoms with Crippen LogP contribution in [-0.4, -0.2) is 29.8 Å². The van der Waals surface area contributed by atoms with Crippen molar-refractivity contribution in [2.24, 2.45) is 10.8 Å². The number of nitrogens with zero attached hydrogens (tertiary/aromatic N) is 3. The maximum absolute atomic E-state index is 11.5. The van der Waals surface area contributed by atoms with E-state index in [9.17, 15) is 9.59 Å². The van der Waals surface area contributed by atoms with E-state index in [-0.39, 0.29) is 6.61 Å². The molecular weight excluding hydrogens is 302 g/mol. The number of rotatable bonds is 9. The van der Waals surface area contributed by atoms with Crippen LogP contribution in [0.25, 0.3) is 10.4 Å². The number of azide groups is 1. The maximum atomic E-state index is 11.5. The van der Waals surface area contributed by atoms with Crippen molar-refractivity contribution < 1.29 is 19.4 Å². The molecule has 1 atom stereocenters. The predicted molar refractivity (Wildman–Crippen MR) is 82.9 cm³/mol. The molecule has 0 aliphatic rings. The van der Waals surface area contributed by atoms with E-state index in [1.165, 1.54) is 0 Å². The fourth-order valence-corrected chi connectivity index (χ4v) is 1.78. The lowest BCUT2D eigenvalue weighted by molar-refractivity contribution is -0.138. The Hall–Kier alpha value is -2.77. The summed E-state index contributed by atoms with van der Waals surface area (Å²) in [5, 5.41) is 14.7. The lowest BCUT2D eigenvalue weighted by atomic mass is 10.1. The van der Waals surface area contributed by atoms with E-state index in [1.54, 1.807) is 24.3 Å². The highest BCUT2D eigenvalue weighted by Crippen LogP contribution is 2.19. The van der Waals surface area contributed by atoms with E-state index >= 15 is 0 Å². The van der Waals surface area contributed by atoms with Crippen LogP contribution in [0.1, 0.15) is 24.8 Å². The molecule has 0 bridgehead atoms. The third kappa shape index (κ3) is 7.16. The Kier molecular flexibility index (Phi) is 7.98. The van der Waals surface area contributed by atoms with Crippen molar-refractivity contribution in [1.82, 2.24) is 5.32 Å². The van der Waals surface area contributed by atoms with Crippen LogP contribution in [0.5, 0.6) is 0 Å². The summed E-state index contributed by atoms with van der Waals surface area (Å²) >= 11 is 0. The molecule has 1 aromatic rings. The fourth-order valence-electron chi connectivity index (χ4n) is 1.78. The number of carboxylic acid groups (broad SMARTS) is 1. The van der Waals surface area contributed by atoms with Crippen LogP contribution < -0.4 is 11.1 Å². The molecule has 4 N–H and O–H groups in total. The van der Waals surface area contributed by atoms with Gasteiger partial charge in [-0.2, -0.15) is 0 Å². The third-order valence-corrected chi connectivity index (χ3v) is 3.03. The smallest absolute Gasteiger partial charge is 0.407 e. The summed E-state index contributed by atoms with van der Waals surface area (Å²) in [6.07, 6.45) is 0.952. The van der Waals surface area contributed by atoms with Gasteiger partial charge in [0.1, 0.15) is 12.6 Å². The highest BCUT2D eigenvalue weighted by molar-refractivity contribution is 5.72. The van der Waals surface area contributed by atoms with Crippen molar-refractivity contribution in [2.75, 3.05) is 6.54 Å². The van der Waals surface area contributed by atoms with Crippen LogP contribution in [0.2, 0.25) is 0 Å². The van der Waals surface area contributed by atoms with Crippen molar-refractivity contribution >= 4 is 17.7 Å². The zero-order valence-corrected chi connectivity index (χ0v) is 12.5. The Morgan fingerprint density at radius 2 is 2.13 bits per heavy atom. The van der Waals surface area contributed by atoms with E-state index in [1.807, 2.05) is 0 Å². The molecule has 9 heteroatoms. The maximum Gasteiger partial charge on any atom is 0.407 e. The molecule has 0 radical (unpaired) electrons. The standard InChI is InChI=1S/C14H19N5O4/c15-11(13(20)21)6-3-4-8-17-14(22)23-9-10-5-1-2-7-12(10)18-19-16/h1-2,5,7,11H,3-4,6,8-9,15H2,(H,17,22)(H,20,21). The van der Waals surface area contributed by atoms with Gasteiger partial charge in [-0.1, -0.05) is 29.4 Å². The number of nitrogens with two attached hydrogens (primary N) is 1. The van der Waals surface area contributed by atoms with Crippen molar-refractivity contribution in [3.8, 4) is 0 Å². The fraction of sp³-hybridized carbons (Fsp3) is 0.429. The minimum Gasteiger partial charge on any atom is -0.480 e. The van der Waals surface area contributed by atoms with Gasteiger partial charge in [0.15, 0.2) is 0 Å². The number of hydrogen-bond donors (Lipinski definition) is 3. The third-order valence-electron chi connectivity index (χ3n) is 3.03. The number of carboxylic acids is 1. The number of amides is 1. The number of hydrogen-bond acceptors (Lipinski definition) is 5. The predicted octanol–water partition coefficient (Wildman–Crippen LogP) is 2.44. The molecule has 124 valence electrons. The summed E-state index contributed by atoms with van der Waals surface area (Å²) < 4.78 is 5.03. The van der Waals surface area contributed by atoms with E-state index in [2.05, 4.69) is 15.3 Å². The molecule has 9 nitrogen and oxygen atoms in total. The minimum atomic E-state index is -1.03. The van der Waals surface area contributed by atoms with Gasteiger partial charge in [-0.15, -0.1) is 0 Å². The second-order valence-electron chi connectivity index (χ2n) is 4.76. The largest absolute Gasteiger partial charge is 0.480 e. The highest BCUT2D eigenvalue weighted by atomic mass is 16.5. The molecule has 0 aromatic heterocycles. The van der Waals surface area contributed by atoms with E-state index in [0.29, 0.717) is 37.1 Å². The average molecular weight is 321 g/mol. The number of carbonyl (C=O) groups is 2. The second kappa shape index (κ2) is 10.0. The van der Waals surface area contributed by atoms with Crippen LogP contribution in [-0.2, 0) is 16.1 Å². The van der Waals surface area contributed by atoms with Gasteiger partial charge in [0.05, 0.1) is 0 Å². The van der Waals surface area contributed by atoms with Gasteiger partial charge in [0.25, 0.3) is 0 Å². The van der Waals surface area contributed by atoms with Crippen LogP contribution in [0, 0.1) is 0 Å². The van der Waals surface area contributed by atoms with Crippen LogP contribution >= 0.6 is 0 Å². The molecule has 1 aromatic carbocycles. The Balaban J connectivity index is 2.25. The number of ether oxygens (including phenoxy) is 1. The number of carbonyl (C=O) groups excluding carboxylic acids is 1. The van der Waals surface area contributed by atoms with Gasteiger partial charge in [-0.25, -0.2) is 4.79 Å². The zero-order valence-electron chi connectivity index (χ0n) is 12.5. The van der Waals surface area contributed by atoms with Gasteiger partial charge >= 0.3 is 12.1 Å². The monoisotopic (exact) mass is 321 g/mol. The van der Waals surface area contributed by atoms with Crippen molar-refractivity contribution in [1.29, 1.82) is 0 Å². The van der Waals surface area contributed by atoms with Gasteiger partial charge in [-0.3, -0.25) is 4.79 Å². The molecule has 1 amide bonds. The molecule has 0 saturated heterocycles. The van der Waals surface area contributed by atoms with Crippen molar-refractivity contribution in [3.63, 3.8) is 0 Å². The molecule has 23 heavy (non-hydrogen) atoms. The molecule has 0 saturated carbocycles. The van der Waals surface area contributed by atoms with Gasteiger partial charge in [0.2, 0.25) is 0 Å². The SMILES string of the molecule is [N-]=[N+]=Nc1ccccc1COC(=O)NCCCCC(N)C(=O)O. The first-order valence-corrected chi connectivity index (χ1v) is 7.06. The summed E-state index contributed by atoms with van der Waals surface area (Å²) in [7, 11) is 0. The Morgan fingerprint density at radius 3 is 2.83 bits per heavy atom. The first-order chi connectivity index (χ1) is 11.0. The summed E-state index contributed by atoms with van der Waals surface area (Å²) in [6, 6.07) is 5.92. The minimum absolute atomic E-state index is 0.00901. The van der Waals surface area contributed by atoms with Crippen LogP contribution in [0.15, 0.2) is 29.4 Å². The Labute approximate surface area is 133 Å². The number of alkyl carbamates (subject to hydrolysis) is 1. The molecule has 0 heterocycles. The highest BCUT2D eigenvalue weighted by Gasteiger charge is 2.10. The lowest BCUT2D eigenvalue weighted by Gasteiger charge is -2.09. The summed E-state index contributed by atoms with van der Waals surface area (Å²) in [5.41, 5.74) is 14.8. The van der Waals surface area contributed by atoms with E-state index in [4.69, 9.17) is 21.1 Å².